The summed E-state index contributed by atoms with van der Waals surface area (Å²) >= 11 is 0. The maximum Gasteiger partial charge on any atom is 0.119 e. The average Bonchev–Trinajstić information content (AvgIpc) is 2.94. The van der Waals surface area contributed by atoms with E-state index < -0.39 is 0 Å². The number of piperazine rings is 1. The Morgan fingerprint density at radius 3 is 2.08 bits per heavy atom. The number of benzene rings is 3. The molecule has 3 aromatic rings. The second-order valence-corrected chi connectivity index (χ2v) is 10.7. The fourth-order valence-electron chi connectivity index (χ4n) is 5.55. The first kappa shape index (κ1) is 25.6. The first-order valence-electron chi connectivity index (χ1n) is 13.9. The molecule has 3 aromatic carbocycles. The predicted molar refractivity (Wildman–Crippen MR) is 155 cm³/mol. The van der Waals surface area contributed by atoms with Crippen molar-refractivity contribution in [1.29, 1.82) is 0 Å². The van der Waals surface area contributed by atoms with Crippen LogP contribution in [0.25, 0.3) is 0 Å². The van der Waals surface area contributed by atoms with Gasteiger partial charge in [0.15, 0.2) is 0 Å². The summed E-state index contributed by atoms with van der Waals surface area (Å²) < 4.78 is 5.51. The van der Waals surface area contributed by atoms with Gasteiger partial charge in [-0.05, 0) is 86.1 Å². The Morgan fingerprint density at radius 1 is 0.703 bits per heavy atom. The number of anilines is 2. The SMILES string of the molecule is COc1cccc(CN(Cc2cccc(N3CCN(C)CC3)c2)c2ccc(CN3CCCCC3)cc2)c1. The lowest BCUT2D eigenvalue weighted by atomic mass is 10.1. The highest BCUT2D eigenvalue weighted by Gasteiger charge is 2.16. The lowest BCUT2D eigenvalue weighted by Gasteiger charge is -2.34. The van der Waals surface area contributed by atoms with Gasteiger partial charge in [-0.1, -0.05) is 42.8 Å². The molecule has 0 aromatic heterocycles. The van der Waals surface area contributed by atoms with Gasteiger partial charge in [0.2, 0.25) is 0 Å². The predicted octanol–water partition coefficient (Wildman–Crippen LogP) is 5.64. The monoisotopic (exact) mass is 498 g/mol. The van der Waals surface area contributed by atoms with Crippen LogP contribution in [0.2, 0.25) is 0 Å². The number of ether oxygens (including phenoxy) is 1. The summed E-state index contributed by atoms with van der Waals surface area (Å²) in [5.41, 5.74) is 6.60. The lowest BCUT2D eigenvalue weighted by molar-refractivity contribution is 0.221. The molecule has 0 bridgehead atoms. The molecule has 0 atom stereocenters. The zero-order chi connectivity index (χ0) is 25.5. The van der Waals surface area contributed by atoms with Gasteiger partial charge >= 0.3 is 0 Å². The molecule has 0 unspecified atom stereocenters. The summed E-state index contributed by atoms with van der Waals surface area (Å²) in [4.78, 5) is 10.0. The normalized spacial score (nSPS) is 17.1. The van der Waals surface area contributed by atoms with Crippen molar-refractivity contribution in [3.05, 3.63) is 89.5 Å². The molecule has 2 fully saturated rings. The summed E-state index contributed by atoms with van der Waals surface area (Å²) in [5.74, 6) is 0.909. The van der Waals surface area contributed by atoms with Crippen LogP contribution < -0.4 is 14.5 Å². The number of nitrogens with zero attached hydrogens (tertiary/aromatic N) is 4. The number of piperidine rings is 1. The number of likely N-dealkylation sites (tertiary alicyclic amines) is 1. The summed E-state index contributed by atoms with van der Waals surface area (Å²) in [6.45, 7) is 9.64. The molecular weight excluding hydrogens is 456 g/mol. The van der Waals surface area contributed by atoms with Crippen molar-refractivity contribution in [3.63, 3.8) is 0 Å². The van der Waals surface area contributed by atoms with Crippen LogP contribution in [-0.2, 0) is 19.6 Å². The van der Waals surface area contributed by atoms with Crippen molar-refractivity contribution in [3.8, 4) is 5.75 Å². The molecule has 0 saturated carbocycles. The first-order valence-corrected chi connectivity index (χ1v) is 13.9. The third kappa shape index (κ3) is 7.06. The van der Waals surface area contributed by atoms with E-state index in [0.717, 1.165) is 51.6 Å². The number of hydrogen-bond donors (Lipinski definition) is 0. The maximum atomic E-state index is 5.51. The minimum Gasteiger partial charge on any atom is -0.497 e. The lowest BCUT2D eigenvalue weighted by Crippen LogP contribution is -2.44. The second kappa shape index (κ2) is 12.5. The van der Waals surface area contributed by atoms with Gasteiger partial charge < -0.3 is 19.4 Å². The summed E-state index contributed by atoms with van der Waals surface area (Å²) in [7, 11) is 3.95. The van der Waals surface area contributed by atoms with Crippen LogP contribution in [-0.4, -0.2) is 63.2 Å². The Labute approximate surface area is 223 Å². The molecule has 0 spiro atoms. The van der Waals surface area contributed by atoms with Crippen LogP contribution in [0.5, 0.6) is 5.75 Å². The number of rotatable bonds is 9. The Hall–Kier alpha value is -3.02. The van der Waals surface area contributed by atoms with Gasteiger partial charge in [-0.3, -0.25) is 4.90 Å². The zero-order valence-electron chi connectivity index (χ0n) is 22.6. The van der Waals surface area contributed by atoms with Crippen molar-refractivity contribution in [1.82, 2.24) is 9.80 Å². The topological polar surface area (TPSA) is 22.2 Å². The number of likely N-dealkylation sites (N-methyl/N-ethyl adjacent to an activating group) is 1. The minimum atomic E-state index is 0.835. The van der Waals surface area contributed by atoms with E-state index in [4.69, 9.17) is 4.74 Å². The molecule has 37 heavy (non-hydrogen) atoms. The largest absolute Gasteiger partial charge is 0.497 e. The van der Waals surface area contributed by atoms with Crippen molar-refractivity contribution < 1.29 is 4.74 Å². The van der Waals surface area contributed by atoms with Crippen LogP contribution in [0, 0.1) is 0 Å². The van der Waals surface area contributed by atoms with Crippen LogP contribution in [0.1, 0.15) is 36.0 Å². The molecule has 2 aliphatic heterocycles. The van der Waals surface area contributed by atoms with Gasteiger partial charge in [0.25, 0.3) is 0 Å². The minimum absolute atomic E-state index is 0.835. The molecule has 0 amide bonds. The van der Waals surface area contributed by atoms with Crippen LogP contribution >= 0.6 is 0 Å². The molecule has 0 N–H and O–H groups in total. The average molecular weight is 499 g/mol. The van der Waals surface area contributed by atoms with E-state index in [1.54, 1.807) is 7.11 Å². The highest BCUT2D eigenvalue weighted by molar-refractivity contribution is 5.53. The Bertz CT molecular complexity index is 1120. The van der Waals surface area contributed by atoms with E-state index in [9.17, 15) is 0 Å². The van der Waals surface area contributed by atoms with Gasteiger partial charge in [0.05, 0.1) is 7.11 Å². The standard InChI is InChI=1S/C32H42N4O/c1-33-18-20-35(21-19-33)31-10-6-8-28(22-31)25-36(26-29-9-7-11-32(23-29)37-2)30-14-12-27(13-15-30)24-34-16-4-3-5-17-34/h6-15,22-23H,3-5,16-21,24-26H2,1-2H3. The molecule has 0 radical (unpaired) electrons. The van der Waals surface area contributed by atoms with Crippen molar-refractivity contribution in [2.75, 3.05) is 63.2 Å². The molecule has 0 aliphatic carbocycles. The van der Waals surface area contributed by atoms with Crippen LogP contribution in [0.4, 0.5) is 11.4 Å². The van der Waals surface area contributed by atoms with Gasteiger partial charge in [0, 0.05) is 57.2 Å². The third-order valence-electron chi connectivity index (χ3n) is 7.82. The molecule has 5 nitrogen and oxygen atoms in total. The summed E-state index contributed by atoms with van der Waals surface area (Å²) in [6.07, 6.45) is 4.05. The van der Waals surface area contributed by atoms with Gasteiger partial charge in [-0.15, -0.1) is 0 Å². The zero-order valence-corrected chi connectivity index (χ0v) is 22.6. The highest BCUT2D eigenvalue weighted by Crippen LogP contribution is 2.25. The Morgan fingerprint density at radius 2 is 1.38 bits per heavy atom. The molecular formula is C32H42N4O. The molecule has 2 heterocycles. The Balaban J connectivity index is 1.35. The fraction of sp³-hybridized carbons (Fsp3) is 0.438. The molecule has 2 saturated heterocycles. The molecule has 5 heteroatoms. The van der Waals surface area contributed by atoms with Gasteiger partial charge in [0.1, 0.15) is 5.75 Å². The smallest absolute Gasteiger partial charge is 0.119 e. The van der Waals surface area contributed by atoms with Crippen molar-refractivity contribution >= 4 is 11.4 Å². The molecule has 196 valence electrons. The summed E-state index contributed by atoms with van der Waals surface area (Å²) in [6, 6.07) is 26.8. The third-order valence-corrected chi connectivity index (χ3v) is 7.82. The second-order valence-electron chi connectivity index (χ2n) is 10.7. The summed E-state index contributed by atoms with van der Waals surface area (Å²) in [5, 5.41) is 0. The Kier molecular flexibility index (Phi) is 8.64. The van der Waals surface area contributed by atoms with Crippen molar-refractivity contribution in [2.45, 2.75) is 38.9 Å². The van der Waals surface area contributed by atoms with E-state index in [0.29, 0.717) is 0 Å². The van der Waals surface area contributed by atoms with Gasteiger partial charge in [-0.2, -0.15) is 0 Å². The first-order chi connectivity index (χ1) is 18.2. The highest BCUT2D eigenvalue weighted by atomic mass is 16.5. The van der Waals surface area contributed by atoms with E-state index in [1.807, 2.05) is 6.07 Å². The maximum absolute atomic E-state index is 5.51. The quantitative estimate of drug-likeness (QED) is 0.380. The van der Waals surface area contributed by atoms with E-state index >= 15 is 0 Å². The van der Waals surface area contributed by atoms with Crippen LogP contribution in [0.3, 0.4) is 0 Å². The van der Waals surface area contributed by atoms with Crippen molar-refractivity contribution in [2.24, 2.45) is 0 Å². The molecule has 2 aliphatic rings. The van der Waals surface area contributed by atoms with E-state index in [1.165, 1.54) is 60.4 Å². The number of methoxy groups -OCH3 is 1. The van der Waals surface area contributed by atoms with E-state index in [-0.39, 0.29) is 0 Å². The number of hydrogen-bond acceptors (Lipinski definition) is 5. The van der Waals surface area contributed by atoms with E-state index in [2.05, 4.69) is 93.4 Å². The molecule has 5 rings (SSSR count). The fourth-order valence-corrected chi connectivity index (χ4v) is 5.55. The van der Waals surface area contributed by atoms with Gasteiger partial charge in [-0.25, -0.2) is 0 Å². The van der Waals surface area contributed by atoms with Crippen LogP contribution in [0.15, 0.2) is 72.8 Å².